The quantitative estimate of drug-likeness (QED) is 0.556. The summed E-state index contributed by atoms with van der Waals surface area (Å²) in [5.74, 6) is -3.40. The van der Waals surface area contributed by atoms with E-state index >= 15 is 0 Å². The monoisotopic (exact) mass is 315 g/mol. The summed E-state index contributed by atoms with van der Waals surface area (Å²) in [5.41, 5.74) is -0.804. The van der Waals surface area contributed by atoms with E-state index in [1.807, 2.05) is 0 Å². The Morgan fingerprint density at radius 3 is 2.18 bits per heavy atom. The molecule has 0 aromatic heterocycles. The van der Waals surface area contributed by atoms with Crippen LogP contribution in [-0.2, 0) is 28.7 Å². The highest BCUT2D eigenvalue weighted by molar-refractivity contribution is 5.96. The molecule has 0 spiro atoms. The number of esters is 2. The van der Waals surface area contributed by atoms with Gasteiger partial charge in [0.05, 0.1) is 0 Å². The van der Waals surface area contributed by atoms with E-state index in [9.17, 15) is 19.2 Å². The SMILES string of the molecule is C/C(=C\C(=O)O)C(=O)OCC(=O)N(C)CC(=O)OC(C)(C)C. The van der Waals surface area contributed by atoms with Crippen molar-refractivity contribution >= 4 is 23.8 Å². The zero-order chi connectivity index (χ0) is 17.5. The Morgan fingerprint density at radius 2 is 1.73 bits per heavy atom. The smallest absolute Gasteiger partial charge is 0.334 e. The van der Waals surface area contributed by atoms with Crippen molar-refractivity contribution in [2.75, 3.05) is 20.2 Å². The molecule has 124 valence electrons. The van der Waals surface area contributed by atoms with E-state index in [4.69, 9.17) is 9.84 Å². The van der Waals surface area contributed by atoms with E-state index in [-0.39, 0.29) is 12.1 Å². The van der Waals surface area contributed by atoms with Crippen LogP contribution in [0.1, 0.15) is 27.7 Å². The summed E-state index contributed by atoms with van der Waals surface area (Å²) in [4.78, 5) is 46.1. The first-order valence-electron chi connectivity index (χ1n) is 6.46. The van der Waals surface area contributed by atoms with Crippen molar-refractivity contribution in [3.63, 3.8) is 0 Å². The van der Waals surface area contributed by atoms with Crippen molar-refractivity contribution in [1.82, 2.24) is 4.90 Å². The first kappa shape index (κ1) is 19.6. The standard InChI is InChI=1S/C14H21NO7/c1-9(6-11(17)18)13(20)21-8-10(16)15(5)7-12(19)22-14(2,3)4/h6H,7-8H2,1-5H3,(H,17,18)/b9-6+. The van der Waals surface area contributed by atoms with Gasteiger partial charge in [0.25, 0.3) is 5.91 Å². The van der Waals surface area contributed by atoms with Gasteiger partial charge in [-0.25, -0.2) is 9.59 Å². The highest BCUT2D eigenvalue weighted by Gasteiger charge is 2.20. The maximum atomic E-state index is 11.7. The van der Waals surface area contributed by atoms with E-state index in [0.29, 0.717) is 6.08 Å². The van der Waals surface area contributed by atoms with Gasteiger partial charge in [-0.3, -0.25) is 9.59 Å². The van der Waals surface area contributed by atoms with Crippen LogP contribution in [0.3, 0.4) is 0 Å². The maximum Gasteiger partial charge on any atom is 0.334 e. The molecule has 22 heavy (non-hydrogen) atoms. The van der Waals surface area contributed by atoms with Crippen LogP contribution in [0.2, 0.25) is 0 Å². The molecule has 0 unspecified atom stereocenters. The molecule has 1 amide bonds. The lowest BCUT2D eigenvalue weighted by Crippen LogP contribution is -2.38. The number of carboxylic acid groups (broad SMARTS) is 1. The Morgan fingerprint density at radius 1 is 1.18 bits per heavy atom. The summed E-state index contributed by atoms with van der Waals surface area (Å²) < 4.78 is 9.71. The van der Waals surface area contributed by atoms with Gasteiger partial charge in [0, 0.05) is 18.7 Å². The van der Waals surface area contributed by atoms with E-state index in [0.717, 1.165) is 4.90 Å². The number of carbonyl (C=O) groups is 4. The Hall–Kier alpha value is -2.38. The van der Waals surface area contributed by atoms with Crippen LogP contribution in [0.5, 0.6) is 0 Å². The highest BCUT2D eigenvalue weighted by Crippen LogP contribution is 2.07. The fourth-order valence-electron chi connectivity index (χ4n) is 1.25. The zero-order valence-corrected chi connectivity index (χ0v) is 13.3. The first-order valence-corrected chi connectivity index (χ1v) is 6.46. The number of ether oxygens (including phenoxy) is 2. The van der Waals surface area contributed by atoms with Gasteiger partial charge < -0.3 is 19.5 Å². The lowest BCUT2D eigenvalue weighted by atomic mass is 10.2. The van der Waals surface area contributed by atoms with E-state index < -0.39 is 36.0 Å². The van der Waals surface area contributed by atoms with Gasteiger partial charge in [-0.1, -0.05) is 0 Å². The molecule has 0 aliphatic heterocycles. The second-order valence-electron chi connectivity index (χ2n) is 5.58. The summed E-state index contributed by atoms with van der Waals surface area (Å²) in [6.45, 7) is 5.48. The average molecular weight is 315 g/mol. The summed E-state index contributed by atoms with van der Waals surface area (Å²) >= 11 is 0. The van der Waals surface area contributed by atoms with Gasteiger partial charge >= 0.3 is 17.9 Å². The summed E-state index contributed by atoms with van der Waals surface area (Å²) in [6, 6.07) is 0. The number of hydrogen-bond donors (Lipinski definition) is 1. The molecule has 0 heterocycles. The van der Waals surface area contributed by atoms with Crippen LogP contribution in [0.25, 0.3) is 0 Å². The number of rotatable bonds is 6. The van der Waals surface area contributed by atoms with Crippen LogP contribution in [0.15, 0.2) is 11.6 Å². The number of hydrogen-bond acceptors (Lipinski definition) is 6. The second kappa shape index (κ2) is 8.16. The van der Waals surface area contributed by atoms with Gasteiger partial charge in [-0.2, -0.15) is 0 Å². The fourth-order valence-corrected chi connectivity index (χ4v) is 1.25. The van der Waals surface area contributed by atoms with Crippen molar-refractivity contribution in [3.05, 3.63) is 11.6 Å². The van der Waals surface area contributed by atoms with Gasteiger partial charge in [0.2, 0.25) is 0 Å². The number of carboxylic acids is 1. The van der Waals surface area contributed by atoms with E-state index in [1.165, 1.54) is 14.0 Å². The maximum absolute atomic E-state index is 11.7. The fraction of sp³-hybridized carbons (Fsp3) is 0.571. The third-order valence-electron chi connectivity index (χ3n) is 2.20. The molecule has 0 bridgehead atoms. The molecule has 0 saturated carbocycles. The number of carbonyl (C=O) groups excluding carboxylic acids is 3. The van der Waals surface area contributed by atoms with Gasteiger partial charge in [-0.15, -0.1) is 0 Å². The van der Waals surface area contributed by atoms with E-state index in [1.54, 1.807) is 20.8 Å². The summed E-state index contributed by atoms with van der Waals surface area (Å²) in [6.07, 6.45) is 0.678. The van der Waals surface area contributed by atoms with Crippen LogP contribution < -0.4 is 0 Å². The van der Waals surface area contributed by atoms with Crippen molar-refractivity contribution in [2.45, 2.75) is 33.3 Å². The molecule has 0 aromatic carbocycles. The molecule has 0 saturated heterocycles. The summed E-state index contributed by atoms with van der Waals surface area (Å²) in [5, 5.41) is 8.48. The van der Waals surface area contributed by atoms with Crippen LogP contribution >= 0.6 is 0 Å². The lowest BCUT2D eigenvalue weighted by Gasteiger charge is -2.22. The molecule has 0 rings (SSSR count). The summed E-state index contributed by atoms with van der Waals surface area (Å²) in [7, 11) is 1.36. The molecule has 8 nitrogen and oxygen atoms in total. The molecule has 0 aliphatic carbocycles. The molecule has 1 N–H and O–H groups in total. The highest BCUT2D eigenvalue weighted by atomic mass is 16.6. The number of amides is 1. The molecule has 0 radical (unpaired) electrons. The minimum Gasteiger partial charge on any atom is -0.478 e. The predicted octanol–water partition coefficient (Wildman–Crippen LogP) is 0.361. The number of likely N-dealkylation sites (N-methyl/N-ethyl adjacent to an activating group) is 1. The largest absolute Gasteiger partial charge is 0.478 e. The van der Waals surface area contributed by atoms with Crippen LogP contribution in [0, 0.1) is 0 Å². The Labute approximate surface area is 128 Å². The number of aliphatic carboxylic acids is 1. The van der Waals surface area contributed by atoms with E-state index in [2.05, 4.69) is 4.74 Å². The topological polar surface area (TPSA) is 110 Å². The Kier molecular flexibility index (Phi) is 7.28. The predicted molar refractivity (Wildman–Crippen MR) is 75.8 cm³/mol. The van der Waals surface area contributed by atoms with Crippen LogP contribution in [-0.4, -0.2) is 59.6 Å². The lowest BCUT2D eigenvalue weighted by molar-refractivity contribution is -0.159. The molecule has 0 aromatic rings. The van der Waals surface area contributed by atoms with Crippen molar-refractivity contribution in [1.29, 1.82) is 0 Å². The molecule has 0 aliphatic rings. The average Bonchev–Trinajstić information content (AvgIpc) is 2.31. The van der Waals surface area contributed by atoms with Gasteiger partial charge in [0.15, 0.2) is 6.61 Å². The molecular weight excluding hydrogens is 294 g/mol. The second-order valence-corrected chi connectivity index (χ2v) is 5.58. The minimum atomic E-state index is -1.29. The normalized spacial score (nSPS) is 11.6. The molecular formula is C14H21NO7. The van der Waals surface area contributed by atoms with Crippen molar-refractivity contribution < 1.29 is 33.8 Å². The molecule has 0 atom stereocenters. The Balaban J connectivity index is 4.35. The minimum absolute atomic E-state index is 0.143. The van der Waals surface area contributed by atoms with Gasteiger partial charge in [0.1, 0.15) is 12.1 Å². The Bertz CT molecular complexity index is 488. The third kappa shape index (κ3) is 8.72. The zero-order valence-electron chi connectivity index (χ0n) is 13.3. The van der Waals surface area contributed by atoms with Crippen LogP contribution in [0.4, 0.5) is 0 Å². The molecule has 0 fully saturated rings. The van der Waals surface area contributed by atoms with Crippen molar-refractivity contribution in [2.24, 2.45) is 0 Å². The molecule has 8 heteroatoms. The first-order chi connectivity index (χ1) is 9.92. The third-order valence-corrected chi connectivity index (χ3v) is 2.20. The van der Waals surface area contributed by atoms with Gasteiger partial charge in [-0.05, 0) is 27.7 Å². The van der Waals surface area contributed by atoms with Crippen molar-refractivity contribution in [3.8, 4) is 0 Å². The number of nitrogens with zero attached hydrogens (tertiary/aromatic N) is 1.